The van der Waals surface area contributed by atoms with E-state index in [1.165, 1.54) is 0 Å². The molecule has 0 spiro atoms. The van der Waals surface area contributed by atoms with Crippen molar-refractivity contribution in [1.29, 1.82) is 0 Å². The predicted octanol–water partition coefficient (Wildman–Crippen LogP) is 1.21. The van der Waals surface area contributed by atoms with Crippen molar-refractivity contribution in [1.82, 2.24) is 4.90 Å². The minimum atomic E-state index is -0.116. The zero-order valence-corrected chi connectivity index (χ0v) is 9.90. The molecule has 1 aromatic carbocycles. The zero-order valence-electron chi connectivity index (χ0n) is 9.90. The van der Waals surface area contributed by atoms with E-state index in [2.05, 4.69) is 11.8 Å². The van der Waals surface area contributed by atoms with Gasteiger partial charge in [0.1, 0.15) is 0 Å². The molecule has 1 saturated heterocycles. The van der Waals surface area contributed by atoms with Gasteiger partial charge >= 0.3 is 0 Å². The number of amides is 1. The van der Waals surface area contributed by atoms with Crippen LogP contribution in [0.3, 0.4) is 0 Å². The first kappa shape index (κ1) is 11.7. The highest BCUT2D eigenvalue weighted by atomic mass is 16.5. The largest absolute Gasteiger partial charge is 0.378 e. The van der Waals surface area contributed by atoms with Crippen molar-refractivity contribution in [3.8, 4) is 11.8 Å². The molecule has 1 aromatic rings. The van der Waals surface area contributed by atoms with E-state index in [1.54, 1.807) is 4.90 Å². The number of aryl methyl sites for hydroxylation is 1. The molecule has 3 heteroatoms. The Morgan fingerprint density at radius 2 is 2.12 bits per heavy atom. The Bertz CT molecular complexity index is 465. The van der Waals surface area contributed by atoms with Crippen molar-refractivity contribution in [3.05, 3.63) is 35.4 Å². The van der Waals surface area contributed by atoms with Crippen molar-refractivity contribution in [2.24, 2.45) is 0 Å². The lowest BCUT2D eigenvalue weighted by Crippen LogP contribution is -2.40. The third-order valence-corrected chi connectivity index (χ3v) is 2.63. The summed E-state index contributed by atoms with van der Waals surface area (Å²) in [6.07, 6.45) is 0. The smallest absolute Gasteiger partial charge is 0.298 e. The summed E-state index contributed by atoms with van der Waals surface area (Å²) in [6.45, 7) is 4.51. The average molecular weight is 229 g/mol. The maximum atomic E-state index is 11.8. The van der Waals surface area contributed by atoms with Gasteiger partial charge in [0.25, 0.3) is 5.91 Å². The number of hydrogen-bond acceptors (Lipinski definition) is 2. The number of rotatable bonds is 0. The summed E-state index contributed by atoms with van der Waals surface area (Å²) >= 11 is 0. The number of hydrogen-bond donors (Lipinski definition) is 0. The Morgan fingerprint density at radius 3 is 2.82 bits per heavy atom. The van der Waals surface area contributed by atoms with Gasteiger partial charge in [0, 0.05) is 24.6 Å². The number of nitrogens with zero attached hydrogens (tertiary/aromatic N) is 1. The van der Waals surface area contributed by atoms with Crippen molar-refractivity contribution in [2.45, 2.75) is 6.92 Å². The predicted molar refractivity (Wildman–Crippen MR) is 65.5 cm³/mol. The number of benzene rings is 1. The van der Waals surface area contributed by atoms with E-state index in [0.29, 0.717) is 26.3 Å². The number of ether oxygens (including phenoxy) is 1. The van der Waals surface area contributed by atoms with E-state index in [-0.39, 0.29) is 5.91 Å². The molecule has 0 aliphatic carbocycles. The average Bonchev–Trinajstić information content (AvgIpc) is 2.37. The number of morpholine rings is 1. The Balaban J connectivity index is 2.03. The zero-order chi connectivity index (χ0) is 12.1. The quantitative estimate of drug-likeness (QED) is 0.626. The molecule has 2 rings (SSSR count). The molecule has 88 valence electrons. The van der Waals surface area contributed by atoms with E-state index < -0.39 is 0 Å². The van der Waals surface area contributed by atoms with Crippen LogP contribution in [0.15, 0.2) is 24.3 Å². The molecule has 0 saturated carbocycles. The summed E-state index contributed by atoms with van der Waals surface area (Å²) in [7, 11) is 0. The minimum Gasteiger partial charge on any atom is -0.378 e. The Hall–Kier alpha value is -1.79. The molecule has 1 fully saturated rings. The van der Waals surface area contributed by atoms with Crippen molar-refractivity contribution >= 4 is 5.91 Å². The molecule has 1 aliphatic rings. The van der Waals surface area contributed by atoms with Gasteiger partial charge in [-0.1, -0.05) is 18.1 Å². The molecule has 1 aliphatic heterocycles. The standard InChI is InChI=1S/C14H15NO2/c1-12-3-2-4-13(11-12)5-6-14(16)15-7-9-17-10-8-15/h2-4,11H,7-10H2,1H3. The summed E-state index contributed by atoms with van der Waals surface area (Å²) in [5.74, 6) is 5.46. The van der Waals surface area contributed by atoms with Gasteiger partial charge in [-0.3, -0.25) is 4.79 Å². The lowest BCUT2D eigenvalue weighted by Gasteiger charge is -2.24. The van der Waals surface area contributed by atoms with Gasteiger partial charge in [-0.05, 0) is 24.6 Å². The Kier molecular flexibility index (Phi) is 3.79. The van der Waals surface area contributed by atoms with Crippen molar-refractivity contribution < 1.29 is 9.53 Å². The number of carbonyl (C=O) groups is 1. The SMILES string of the molecule is Cc1cccc(C#CC(=O)N2CCOCC2)c1. The van der Waals surface area contributed by atoms with Crippen LogP contribution in [0.25, 0.3) is 0 Å². The first-order valence-electron chi connectivity index (χ1n) is 5.71. The molecule has 0 unspecified atom stereocenters. The molecule has 1 amide bonds. The molecule has 3 nitrogen and oxygen atoms in total. The van der Waals surface area contributed by atoms with Crippen LogP contribution < -0.4 is 0 Å². The van der Waals surface area contributed by atoms with Crippen molar-refractivity contribution in [2.75, 3.05) is 26.3 Å². The molecule has 17 heavy (non-hydrogen) atoms. The summed E-state index contributed by atoms with van der Waals surface area (Å²) in [5, 5.41) is 0. The van der Waals surface area contributed by atoms with Gasteiger partial charge in [-0.15, -0.1) is 0 Å². The summed E-state index contributed by atoms with van der Waals surface area (Å²) < 4.78 is 5.19. The summed E-state index contributed by atoms with van der Waals surface area (Å²) in [5.41, 5.74) is 2.03. The van der Waals surface area contributed by atoms with E-state index >= 15 is 0 Å². The molecular weight excluding hydrogens is 214 g/mol. The maximum absolute atomic E-state index is 11.8. The highest BCUT2D eigenvalue weighted by Gasteiger charge is 2.14. The fourth-order valence-corrected chi connectivity index (χ4v) is 1.69. The third-order valence-electron chi connectivity index (χ3n) is 2.63. The Labute approximate surface area is 101 Å². The van der Waals surface area contributed by atoms with E-state index in [4.69, 9.17) is 4.74 Å². The minimum absolute atomic E-state index is 0.116. The highest BCUT2D eigenvalue weighted by molar-refractivity contribution is 5.94. The van der Waals surface area contributed by atoms with Crippen LogP contribution in [0.4, 0.5) is 0 Å². The van der Waals surface area contributed by atoms with Crippen LogP contribution >= 0.6 is 0 Å². The van der Waals surface area contributed by atoms with Gasteiger partial charge in [0.2, 0.25) is 0 Å². The molecule has 0 aromatic heterocycles. The monoisotopic (exact) mass is 229 g/mol. The lowest BCUT2D eigenvalue weighted by atomic mass is 10.1. The second-order valence-electron chi connectivity index (χ2n) is 4.02. The van der Waals surface area contributed by atoms with Gasteiger partial charge in [-0.2, -0.15) is 0 Å². The fraction of sp³-hybridized carbons (Fsp3) is 0.357. The van der Waals surface area contributed by atoms with Crippen LogP contribution in [-0.4, -0.2) is 37.1 Å². The number of carbonyl (C=O) groups excluding carboxylic acids is 1. The van der Waals surface area contributed by atoms with Gasteiger partial charge in [0.05, 0.1) is 13.2 Å². The van der Waals surface area contributed by atoms with Crippen LogP contribution in [0.2, 0.25) is 0 Å². The maximum Gasteiger partial charge on any atom is 0.298 e. The molecule has 1 heterocycles. The third kappa shape index (κ3) is 3.33. The van der Waals surface area contributed by atoms with Crippen LogP contribution in [0.1, 0.15) is 11.1 Å². The molecule has 0 atom stereocenters. The van der Waals surface area contributed by atoms with Crippen LogP contribution in [0, 0.1) is 18.8 Å². The van der Waals surface area contributed by atoms with Gasteiger partial charge < -0.3 is 9.64 Å². The molecular formula is C14H15NO2. The lowest BCUT2D eigenvalue weighted by molar-refractivity contribution is -0.129. The molecule has 0 N–H and O–H groups in total. The first-order valence-corrected chi connectivity index (χ1v) is 5.71. The van der Waals surface area contributed by atoms with E-state index in [1.807, 2.05) is 31.2 Å². The normalized spacial score (nSPS) is 15.0. The van der Waals surface area contributed by atoms with Gasteiger partial charge in [0.15, 0.2) is 0 Å². The van der Waals surface area contributed by atoms with E-state index in [9.17, 15) is 4.79 Å². The fourth-order valence-electron chi connectivity index (χ4n) is 1.69. The highest BCUT2D eigenvalue weighted by Crippen LogP contribution is 2.02. The van der Waals surface area contributed by atoms with Crippen LogP contribution in [0.5, 0.6) is 0 Å². The second kappa shape index (κ2) is 5.51. The van der Waals surface area contributed by atoms with Crippen molar-refractivity contribution in [3.63, 3.8) is 0 Å². The summed E-state index contributed by atoms with van der Waals surface area (Å²) in [4.78, 5) is 13.5. The first-order chi connectivity index (χ1) is 8.25. The van der Waals surface area contributed by atoms with Gasteiger partial charge in [-0.25, -0.2) is 0 Å². The molecule has 0 radical (unpaired) electrons. The topological polar surface area (TPSA) is 29.5 Å². The second-order valence-corrected chi connectivity index (χ2v) is 4.02. The van der Waals surface area contributed by atoms with E-state index in [0.717, 1.165) is 11.1 Å². The Morgan fingerprint density at radius 1 is 1.35 bits per heavy atom. The van der Waals surface area contributed by atoms with Crippen LogP contribution in [-0.2, 0) is 9.53 Å². The summed E-state index contributed by atoms with van der Waals surface area (Å²) in [6, 6.07) is 7.83. The molecule has 0 bridgehead atoms.